The molecule has 25 heavy (non-hydrogen) atoms. The predicted octanol–water partition coefficient (Wildman–Crippen LogP) is 4.72. The molecule has 0 bridgehead atoms. The fourth-order valence-corrected chi connectivity index (χ4v) is 3.45. The lowest BCUT2D eigenvalue weighted by Crippen LogP contribution is -2.27. The molecule has 1 aliphatic heterocycles. The summed E-state index contributed by atoms with van der Waals surface area (Å²) in [5, 5.41) is 0. The third-order valence-electron chi connectivity index (χ3n) is 4.64. The maximum absolute atomic E-state index is 4.88. The van der Waals surface area contributed by atoms with E-state index < -0.39 is 0 Å². The summed E-state index contributed by atoms with van der Waals surface area (Å²) in [5.41, 5.74) is 3.75. The number of aromatic nitrogens is 2. The molecule has 0 aliphatic carbocycles. The van der Waals surface area contributed by atoms with Crippen LogP contribution in [0, 0.1) is 0 Å². The van der Waals surface area contributed by atoms with Crippen LogP contribution in [0.4, 0.5) is 23.1 Å². The van der Waals surface area contributed by atoms with Crippen LogP contribution in [0.3, 0.4) is 0 Å². The van der Waals surface area contributed by atoms with Crippen molar-refractivity contribution in [2.45, 2.75) is 19.8 Å². The van der Waals surface area contributed by atoms with Crippen LogP contribution < -0.4 is 9.80 Å². The highest BCUT2D eigenvalue weighted by atomic mass is 15.3. The van der Waals surface area contributed by atoms with Gasteiger partial charge in [-0.25, -0.2) is 4.98 Å². The fourth-order valence-electron chi connectivity index (χ4n) is 3.45. The molecule has 0 spiro atoms. The Labute approximate surface area is 148 Å². The van der Waals surface area contributed by atoms with Gasteiger partial charge in [0.15, 0.2) is 0 Å². The Kier molecular flexibility index (Phi) is 4.34. The summed E-state index contributed by atoms with van der Waals surface area (Å²) in [5.74, 6) is 1.71. The quantitative estimate of drug-likeness (QED) is 0.693. The topological polar surface area (TPSA) is 32.3 Å². The molecule has 3 aromatic rings. The summed E-state index contributed by atoms with van der Waals surface area (Å²) in [6.45, 7) is 3.96. The highest BCUT2D eigenvalue weighted by molar-refractivity contribution is 5.66. The molecule has 0 N–H and O–H groups in total. The lowest BCUT2D eigenvalue weighted by atomic mass is 10.0. The molecule has 0 saturated heterocycles. The number of hydrogen-bond acceptors (Lipinski definition) is 4. The maximum Gasteiger partial charge on any atom is 0.231 e. The van der Waals surface area contributed by atoms with Gasteiger partial charge in [0.05, 0.1) is 0 Å². The first kappa shape index (κ1) is 15.6. The Bertz CT molecular complexity index is 847. The molecule has 1 aliphatic rings. The molecule has 2 aromatic carbocycles. The molecule has 4 nitrogen and oxygen atoms in total. The van der Waals surface area contributed by atoms with Crippen molar-refractivity contribution in [2.24, 2.45) is 0 Å². The average Bonchev–Trinajstić information content (AvgIpc) is 2.69. The van der Waals surface area contributed by atoms with E-state index in [0.29, 0.717) is 0 Å². The van der Waals surface area contributed by atoms with E-state index >= 15 is 0 Å². The molecule has 0 saturated carbocycles. The van der Waals surface area contributed by atoms with E-state index in [1.54, 1.807) is 0 Å². The SMILES string of the molecule is CCN(c1ccccc1)c1ccnc(N2CCCc3ccccc32)n1. The van der Waals surface area contributed by atoms with E-state index in [4.69, 9.17) is 4.98 Å². The zero-order valence-electron chi connectivity index (χ0n) is 14.5. The lowest BCUT2D eigenvalue weighted by Gasteiger charge is -2.30. The summed E-state index contributed by atoms with van der Waals surface area (Å²) in [7, 11) is 0. The number of para-hydroxylation sites is 2. The van der Waals surface area contributed by atoms with Gasteiger partial charge in [-0.3, -0.25) is 0 Å². The second-order valence-corrected chi connectivity index (χ2v) is 6.18. The van der Waals surface area contributed by atoms with Gasteiger partial charge in [-0.2, -0.15) is 4.98 Å². The molecule has 0 fully saturated rings. The smallest absolute Gasteiger partial charge is 0.231 e. The van der Waals surface area contributed by atoms with Crippen LogP contribution in [0.25, 0.3) is 0 Å². The van der Waals surface area contributed by atoms with Crippen molar-refractivity contribution in [3.05, 3.63) is 72.4 Å². The van der Waals surface area contributed by atoms with E-state index in [-0.39, 0.29) is 0 Å². The zero-order valence-corrected chi connectivity index (χ0v) is 14.5. The van der Waals surface area contributed by atoms with Crippen molar-refractivity contribution in [2.75, 3.05) is 22.9 Å². The molecule has 126 valence electrons. The first-order valence-electron chi connectivity index (χ1n) is 8.88. The molecule has 2 heterocycles. The van der Waals surface area contributed by atoms with E-state index in [9.17, 15) is 0 Å². The van der Waals surface area contributed by atoms with Gasteiger partial charge >= 0.3 is 0 Å². The van der Waals surface area contributed by atoms with Crippen LogP contribution in [0.1, 0.15) is 18.9 Å². The fraction of sp³-hybridized carbons (Fsp3) is 0.238. The molecule has 4 rings (SSSR count). The van der Waals surface area contributed by atoms with Gasteiger partial charge in [0.25, 0.3) is 0 Å². The van der Waals surface area contributed by atoms with Gasteiger partial charge in [-0.1, -0.05) is 36.4 Å². The molecule has 4 heteroatoms. The lowest BCUT2D eigenvalue weighted by molar-refractivity contribution is 0.749. The van der Waals surface area contributed by atoms with Crippen molar-refractivity contribution in [1.29, 1.82) is 0 Å². The monoisotopic (exact) mass is 330 g/mol. The highest BCUT2D eigenvalue weighted by Gasteiger charge is 2.20. The molecule has 0 atom stereocenters. The van der Waals surface area contributed by atoms with Crippen LogP contribution >= 0.6 is 0 Å². The minimum atomic E-state index is 0.777. The van der Waals surface area contributed by atoms with Gasteiger partial charge in [0.2, 0.25) is 5.95 Å². The predicted molar refractivity (Wildman–Crippen MR) is 103 cm³/mol. The number of anilines is 4. The van der Waals surface area contributed by atoms with Gasteiger partial charge in [-0.05, 0) is 49.6 Å². The number of rotatable bonds is 4. The molecular formula is C21H22N4. The van der Waals surface area contributed by atoms with Crippen molar-refractivity contribution < 1.29 is 0 Å². The highest BCUT2D eigenvalue weighted by Crippen LogP contribution is 2.32. The molecule has 0 amide bonds. The molecule has 0 radical (unpaired) electrons. The molecular weight excluding hydrogens is 308 g/mol. The third kappa shape index (κ3) is 3.07. The number of nitrogens with zero attached hydrogens (tertiary/aromatic N) is 4. The molecule has 0 unspecified atom stereocenters. The average molecular weight is 330 g/mol. The van der Waals surface area contributed by atoms with Crippen molar-refractivity contribution in [3.63, 3.8) is 0 Å². The number of fused-ring (bicyclic) bond motifs is 1. The van der Waals surface area contributed by atoms with Crippen molar-refractivity contribution >= 4 is 23.1 Å². The zero-order chi connectivity index (χ0) is 17.1. The summed E-state index contributed by atoms with van der Waals surface area (Å²) in [6, 6.07) is 20.9. The summed E-state index contributed by atoms with van der Waals surface area (Å²) < 4.78 is 0. The second-order valence-electron chi connectivity index (χ2n) is 6.18. The van der Waals surface area contributed by atoms with E-state index in [2.05, 4.69) is 70.2 Å². The largest absolute Gasteiger partial charge is 0.327 e. The van der Waals surface area contributed by atoms with Crippen molar-refractivity contribution in [1.82, 2.24) is 9.97 Å². The maximum atomic E-state index is 4.88. The Morgan fingerprint density at radius 2 is 1.80 bits per heavy atom. The van der Waals surface area contributed by atoms with Gasteiger partial charge in [0, 0.05) is 30.7 Å². The standard InChI is InChI=1S/C21H22N4/c1-2-24(18-11-4-3-5-12-18)20-14-15-22-21(23-20)25-16-8-10-17-9-6-7-13-19(17)25/h3-7,9,11-15H,2,8,10,16H2,1H3. The van der Waals surface area contributed by atoms with Crippen LogP contribution in [0.2, 0.25) is 0 Å². The van der Waals surface area contributed by atoms with Gasteiger partial charge in [-0.15, -0.1) is 0 Å². The third-order valence-corrected chi connectivity index (χ3v) is 4.64. The van der Waals surface area contributed by atoms with Gasteiger partial charge < -0.3 is 9.80 Å². The van der Waals surface area contributed by atoms with Crippen LogP contribution in [-0.2, 0) is 6.42 Å². The number of benzene rings is 2. The summed E-state index contributed by atoms with van der Waals surface area (Å²) in [6.07, 6.45) is 4.11. The minimum absolute atomic E-state index is 0.777. The number of hydrogen-bond donors (Lipinski definition) is 0. The Morgan fingerprint density at radius 3 is 2.64 bits per heavy atom. The van der Waals surface area contributed by atoms with Crippen LogP contribution in [0.5, 0.6) is 0 Å². The van der Waals surface area contributed by atoms with E-state index in [1.165, 1.54) is 11.3 Å². The minimum Gasteiger partial charge on any atom is -0.327 e. The second kappa shape index (κ2) is 6.93. The van der Waals surface area contributed by atoms with Crippen molar-refractivity contribution in [3.8, 4) is 0 Å². The summed E-state index contributed by atoms with van der Waals surface area (Å²) >= 11 is 0. The first-order chi connectivity index (χ1) is 12.4. The van der Waals surface area contributed by atoms with Crippen LogP contribution in [0.15, 0.2) is 66.9 Å². The number of aryl methyl sites for hydroxylation is 1. The summed E-state index contributed by atoms with van der Waals surface area (Å²) in [4.78, 5) is 13.9. The van der Waals surface area contributed by atoms with E-state index in [0.717, 1.165) is 43.4 Å². The Balaban J connectivity index is 1.71. The van der Waals surface area contributed by atoms with E-state index in [1.807, 2.05) is 18.3 Å². The molecule has 1 aromatic heterocycles. The Hall–Kier alpha value is -2.88. The Morgan fingerprint density at radius 1 is 1.00 bits per heavy atom. The van der Waals surface area contributed by atoms with Gasteiger partial charge in [0.1, 0.15) is 5.82 Å². The normalized spacial score (nSPS) is 13.4. The first-order valence-corrected chi connectivity index (χ1v) is 8.88. The van der Waals surface area contributed by atoms with Crippen LogP contribution in [-0.4, -0.2) is 23.1 Å².